The molecule has 1 saturated heterocycles. The lowest BCUT2D eigenvalue weighted by Crippen LogP contribution is -2.40. The number of alkyl carbamates (subject to hydrolysis) is 1. The van der Waals surface area contributed by atoms with Gasteiger partial charge in [0.1, 0.15) is 5.60 Å². The average Bonchev–Trinajstić information content (AvgIpc) is 3.03. The van der Waals surface area contributed by atoms with Crippen LogP contribution < -0.4 is 10.2 Å². The molecule has 3 rings (SSSR count). The van der Waals surface area contributed by atoms with E-state index in [1.54, 1.807) is 0 Å². The van der Waals surface area contributed by atoms with E-state index in [9.17, 15) is 4.79 Å². The molecule has 1 unspecified atom stereocenters. The molecular weight excluding hydrogens is 440 g/mol. The second-order valence-corrected chi connectivity index (χ2v) is 8.63. The summed E-state index contributed by atoms with van der Waals surface area (Å²) in [5.41, 5.74) is 1.40. The van der Waals surface area contributed by atoms with E-state index in [0.29, 0.717) is 6.54 Å². The minimum atomic E-state index is -0.484. The predicted octanol–water partition coefficient (Wildman–Crippen LogP) is 4.19. The monoisotopic (exact) mass is 458 g/mol. The summed E-state index contributed by atoms with van der Waals surface area (Å²) in [7, 11) is 0. The summed E-state index contributed by atoms with van der Waals surface area (Å²) < 4.78 is 7.27. The van der Waals surface area contributed by atoms with E-state index in [-0.39, 0.29) is 12.1 Å². The third kappa shape index (κ3) is 4.03. The third-order valence-electron chi connectivity index (χ3n) is 3.72. The number of carbonyl (C=O) groups excluding carboxylic acids is 1. The van der Waals surface area contributed by atoms with Crippen LogP contribution in [-0.4, -0.2) is 40.8 Å². The average molecular weight is 460 g/mol. The highest BCUT2D eigenvalue weighted by molar-refractivity contribution is 9.13. The Kier molecular flexibility index (Phi) is 4.79. The number of carbonyl (C=O) groups is 1. The van der Waals surface area contributed by atoms with Crippen molar-refractivity contribution in [2.24, 2.45) is 0 Å². The number of ether oxygens (including phenoxy) is 1. The van der Waals surface area contributed by atoms with E-state index in [4.69, 9.17) is 4.74 Å². The zero-order chi connectivity index (χ0) is 17.5. The number of rotatable bonds is 2. The topological polar surface area (TPSA) is 70.2 Å². The van der Waals surface area contributed by atoms with E-state index in [1.165, 1.54) is 0 Å². The summed E-state index contributed by atoms with van der Waals surface area (Å²) in [5.74, 6) is 0.823. The number of anilines is 1. The van der Waals surface area contributed by atoms with Crippen molar-refractivity contribution in [3.05, 3.63) is 21.1 Å². The molecule has 1 atom stereocenters. The molecule has 1 aromatic heterocycles. The molecule has 1 aliphatic heterocycles. The van der Waals surface area contributed by atoms with Crippen LogP contribution >= 0.6 is 31.9 Å². The minimum Gasteiger partial charge on any atom is -0.444 e. The highest BCUT2D eigenvalue weighted by atomic mass is 79.9. The molecule has 8 heteroatoms. The molecular formula is C16H20Br2N4O2. The molecule has 6 nitrogen and oxygen atoms in total. The van der Waals surface area contributed by atoms with Gasteiger partial charge in [-0.2, -0.15) is 0 Å². The first-order chi connectivity index (χ1) is 11.2. The number of nitrogens with one attached hydrogen (secondary N) is 2. The Hall–Kier alpha value is -1.28. The molecule has 1 amide bonds. The molecule has 2 heterocycles. The molecule has 1 aromatic carbocycles. The van der Waals surface area contributed by atoms with E-state index in [1.807, 2.05) is 32.9 Å². The van der Waals surface area contributed by atoms with E-state index in [0.717, 1.165) is 38.9 Å². The molecule has 1 fully saturated rings. The number of amides is 1. The lowest BCUT2D eigenvalue weighted by Gasteiger charge is -2.22. The molecule has 1 aliphatic rings. The standard InChI is InChI=1S/C16H20Br2N4O2/c1-16(2,3)24-15(23)19-9-4-5-22(8-9)14-20-12-6-10(17)11(18)7-13(12)21-14/h6-7,9H,4-5,8H2,1-3H3,(H,19,23)(H,20,21). The van der Waals surface area contributed by atoms with Gasteiger partial charge in [0.2, 0.25) is 5.95 Å². The summed E-state index contributed by atoms with van der Waals surface area (Å²) in [6.07, 6.45) is 0.496. The normalized spacial score (nSPS) is 18.2. The van der Waals surface area contributed by atoms with Crippen molar-refractivity contribution in [1.82, 2.24) is 15.3 Å². The largest absolute Gasteiger partial charge is 0.444 e. The lowest BCUT2D eigenvalue weighted by atomic mass is 10.2. The van der Waals surface area contributed by atoms with Gasteiger partial charge in [0.25, 0.3) is 0 Å². The number of fused-ring (bicyclic) bond motifs is 1. The summed E-state index contributed by atoms with van der Waals surface area (Å²) in [6, 6.07) is 4.04. The van der Waals surface area contributed by atoms with Gasteiger partial charge in [-0.05, 0) is 71.2 Å². The van der Waals surface area contributed by atoms with Crippen LogP contribution in [0, 0.1) is 0 Å². The first-order valence-electron chi connectivity index (χ1n) is 7.80. The molecule has 2 aromatic rings. The summed E-state index contributed by atoms with van der Waals surface area (Å²) in [6.45, 7) is 7.12. The minimum absolute atomic E-state index is 0.0616. The second kappa shape index (κ2) is 6.55. The van der Waals surface area contributed by atoms with Crippen molar-refractivity contribution >= 4 is 54.9 Å². The van der Waals surface area contributed by atoms with Crippen molar-refractivity contribution in [3.63, 3.8) is 0 Å². The van der Waals surface area contributed by atoms with Crippen molar-refractivity contribution in [3.8, 4) is 0 Å². The van der Waals surface area contributed by atoms with E-state index < -0.39 is 5.60 Å². The number of imidazole rings is 1. The molecule has 0 radical (unpaired) electrons. The molecule has 0 bridgehead atoms. The summed E-state index contributed by atoms with van der Waals surface area (Å²) >= 11 is 6.99. The number of benzene rings is 1. The smallest absolute Gasteiger partial charge is 0.407 e. The van der Waals surface area contributed by atoms with Crippen LogP contribution in [0.3, 0.4) is 0 Å². The van der Waals surface area contributed by atoms with Crippen LogP contribution in [0.2, 0.25) is 0 Å². The summed E-state index contributed by atoms with van der Waals surface area (Å²) in [5, 5.41) is 2.93. The fraction of sp³-hybridized carbons (Fsp3) is 0.500. The van der Waals surface area contributed by atoms with Crippen LogP contribution in [0.1, 0.15) is 27.2 Å². The van der Waals surface area contributed by atoms with Crippen LogP contribution in [0.4, 0.5) is 10.7 Å². The molecule has 0 aliphatic carbocycles. The maximum Gasteiger partial charge on any atom is 0.407 e. The zero-order valence-corrected chi connectivity index (χ0v) is 17.0. The zero-order valence-electron chi connectivity index (χ0n) is 13.8. The van der Waals surface area contributed by atoms with E-state index in [2.05, 4.69) is 52.0 Å². The first kappa shape index (κ1) is 17.5. The Bertz CT molecular complexity index is 730. The van der Waals surface area contributed by atoms with Gasteiger partial charge in [0.05, 0.1) is 17.1 Å². The van der Waals surface area contributed by atoms with Crippen LogP contribution in [0.5, 0.6) is 0 Å². The highest BCUT2D eigenvalue weighted by Crippen LogP contribution is 2.29. The Morgan fingerprint density at radius 3 is 2.79 bits per heavy atom. The molecule has 0 saturated carbocycles. The van der Waals surface area contributed by atoms with Gasteiger partial charge in [0, 0.05) is 22.0 Å². The molecule has 24 heavy (non-hydrogen) atoms. The molecule has 2 N–H and O–H groups in total. The number of halogens is 2. The van der Waals surface area contributed by atoms with Gasteiger partial charge in [-0.25, -0.2) is 9.78 Å². The summed E-state index contributed by atoms with van der Waals surface area (Å²) in [4.78, 5) is 22.0. The van der Waals surface area contributed by atoms with Gasteiger partial charge < -0.3 is 19.9 Å². The highest BCUT2D eigenvalue weighted by Gasteiger charge is 2.27. The first-order valence-corrected chi connectivity index (χ1v) is 9.39. The van der Waals surface area contributed by atoms with Gasteiger partial charge in [0.15, 0.2) is 0 Å². The lowest BCUT2D eigenvalue weighted by molar-refractivity contribution is 0.0509. The number of aromatic amines is 1. The number of H-pyrrole nitrogens is 1. The van der Waals surface area contributed by atoms with Crippen molar-refractivity contribution in [2.75, 3.05) is 18.0 Å². The number of nitrogens with zero attached hydrogens (tertiary/aromatic N) is 2. The SMILES string of the molecule is CC(C)(C)OC(=O)NC1CCN(c2nc3cc(Br)c(Br)cc3[nH]2)C1. The quantitative estimate of drug-likeness (QED) is 0.706. The van der Waals surface area contributed by atoms with Crippen molar-refractivity contribution < 1.29 is 9.53 Å². The van der Waals surface area contributed by atoms with Gasteiger partial charge in [-0.3, -0.25) is 0 Å². The molecule has 0 spiro atoms. The second-order valence-electron chi connectivity index (χ2n) is 6.92. The van der Waals surface area contributed by atoms with Crippen LogP contribution in [0.15, 0.2) is 21.1 Å². The molecule has 130 valence electrons. The van der Waals surface area contributed by atoms with E-state index >= 15 is 0 Å². The number of hydrogen-bond acceptors (Lipinski definition) is 4. The number of hydrogen-bond donors (Lipinski definition) is 2. The Morgan fingerprint density at radius 2 is 2.08 bits per heavy atom. The van der Waals surface area contributed by atoms with Crippen molar-refractivity contribution in [2.45, 2.75) is 38.8 Å². The van der Waals surface area contributed by atoms with Crippen molar-refractivity contribution in [1.29, 1.82) is 0 Å². The Labute approximate surface area is 157 Å². The predicted molar refractivity (Wildman–Crippen MR) is 101 cm³/mol. The Morgan fingerprint density at radius 1 is 1.38 bits per heavy atom. The van der Waals surface area contributed by atoms with Crippen LogP contribution in [0.25, 0.3) is 11.0 Å². The van der Waals surface area contributed by atoms with Crippen LogP contribution in [-0.2, 0) is 4.74 Å². The van der Waals surface area contributed by atoms with Gasteiger partial charge in [-0.1, -0.05) is 0 Å². The van der Waals surface area contributed by atoms with Gasteiger partial charge in [-0.15, -0.1) is 0 Å². The fourth-order valence-corrected chi connectivity index (χ4v) is 3.36. The Balaban J connectivity index is 1.66. The third-order valence-corrected chi connectivity index (χ3v) is 5.56. The maximum absolute atomic E-state index is 11.9. The maximum atomic E-state index is 11.9. The number of aromatic nitrogens is 2. The fourth-order valence-electron chi connectivity index (χ4n) is 2.69. The van der Waals surface area contributed by atoms with Gasteiger partial charge >= 0.3 is 6.09 Å².